The Labute approximate surface area is 130 Å². The van der Waals surface area contributed by atoms with Gasteiger partial charge in [0, 0.05) is 31.1 Å². The molecule has 1 aliphatic heterocycles. The lowest BCUT2D eigenvalue weighted by Gasteiger charge is -2.19. The van der Waals surface area contributed by atoms with Gasteiger partial charge in [0.1, 0.15) is 0 Å². The highest BCUT2D eigenvalue weighted by molar-refractivity contribution is 7.13. The second-order valence-corrected chi connectivity index (χ2v) is 6.91. The van der Waals surface area contributed by atoms with E-state index in [2.05, 4.69) is 39.9 Å². The number of benzene rings is 1. The number of thiazole rings is 1. The number of aromatic nitrogens is 1. The van der Waals surface area contributed by atoms with Gasteiger partial charge in [0.2, 0.25) is 0 Å². The van der Waals surface area contributed by atoms with Crippen molar-refractivity contribution in [1.29, 1.82) is 0 Å². The van der Waals surface area contributed by atoms with E-state index in [-0.39, 0.29) is 0 Å². The lowest BCUT2D eigenvalue weighted by molar-refractivity contribution is 0.675. The molecule has 0 saturated heterocycles. The molecule has 110 valence electrons. The minimum absolute atomic E-state index is 0.750. The molecular weight excluding hydrogens is 278 g/mol. The molecule has 4 heteroatoms. The number of fused-ring (bicyclic) bond motifs is 1. The molecule has 1 saturated carbocycles. The molecule has 0 unspecified atom stereocenters. The molecular formula is C17H21N3S. The van der Waals surface area contributed by atoms with Crippen molar-refractivity contribution in [2.75, 3.05) is 11.4 Å². The van der Waals surface area contributed by atoms with Gasteiger partial charge in [-0.05, 0) is 36.8 Å². The molecule has 2 heterocycles. The van der Waals surface area contributed by atoms with Crippen LogP contribution in [0.15, 0.2) is 29.6 Å². The third kappa shape index (κ3) is 3.11. The predicted octanol–water partition coefficient (Wildman–Crippen LogP) is 3.35. The van der Waals surface area contributed by atoms with E-state index in [9.17, 15) is 0 Å². The van der Waals surface area contributed by atoms with E-state index in [1.165, 1.54) is 47.6 Å². The Balaban J connectivity index is 1.47. The summed E-state index contributed by atoms with van der Waals surface area (Å²) in [4.78, 5) is 7.27. The number of anilines is 1. The normalized spacial score (nSPS) is 18.4. The van der Waals surface area contributed by atoms with Crippen molar-refractivity contribution in [3.05, 3.63) is 46.5 Å². The third-order valence-electron chi connectivity index (χ3n) is 4.31. The summed E-state index contributed by atoms with van der Waals surface area (Å²) in [6.07, 6.45) is 5.07. The highest BCUT2D eigenvalue weighted by Gasteiger charge is 2.21. The maximum Gasteiger partial charge on any atom is 0.185 e. The molecule has 1 aliphatic carbocycles. The highest BCUT2D eigenvalue weighted by atomic mass is 32.1. The molecule has 0 atom stereocenters. The Kier molecular flexibility index (Phi) is 3.65. The van der Waals surface area contributed by atoms with Gasteiger partial charge in [-0.25, -0.2) is 4.98 Å². The zero-order valence-electron chi connectivity index (χ0n) is 12.2. The number of nitrogens with one attached hydrogen (secondary N) is 1. The van der Waals surface area contributed by atoms with Crippen LogP contribution in [0.3, 0.4) is 0 Å². The Hall–Kier alpha value is -1.39. The van der Waals surface area contributed by atoms with Crippen molar-refractivity contribution < 1.29 is 0 Å². The summed E-state index contributed by atoms with van der Waals surface area (Å²) in [5.74, 6) is 0. The zero-order valence-corrected chi connectivity index (χ0v) is 13.0. The summed E-state index contributed by atoms with van der Waals surface area (Å²) in [6, 6.07) is 9.58. The van der Waals surface area contributed by atoms with Gasteiger partial charge in [0.05, 0.1) is 5.69 Å². The van der Waals surface area contributed by atoms with E-state index < -0.39 is 0 Å². The van der Waals surface area contributed by atoms with Crippen LogP contribution in [0.4, 0.5) is 5.13 Å². The highest BCUT2D eigenvalue weighted by Crippen LogP contribution is 2.27. The second kappa shape index (κ2) is 5.78. The van der Waals surface area contributed by atoms with Crippen LogP contribution in [0.1, 0.15) is 36.1 Å². The van der Waals surface area contributed by atoms with Gasteiger partial charge in [-0.15, -0.1) is 11.3 Å². The van der Waals surface area contributed by atoms with Crippen molar-refractivity contribution in [1.82, 2.24) is 10.3 Å². The van der Waals surface area contributed by atoms with E-state index in [1.807, 2.05) is 0 Å². The molecule has 0 radical (unpaired) electrons. The Morgan fingerprint density at radius 1 is 1.24 bits per heavy atom. The van der Waals surface area contributed by atoms with Gasteiger partial charge in [0.25, 0.3) is 0 Å². The molecule has 1 N–H and O–H groups in total. The maximum atomic E-state index is 4.83. The summed E-state index contributed by atoms with van der Waals surface area (Å²) >= 11 is 1.79. The average molecular weight is 299 g/mol. The summed E-state index contributed by atoms with van der Waals surface area (Å²) in [7, 11) is 0. The zero-order chi connectivity index (χ0) is 14.1. The fourth-order valence-electron chi connectivity index (χ4n) is 2.92. The first kappa shape index (κ1) is 13.3. The van der Waals surface area contributed by atoms with E-state index in [4.69, 9.17) is 4.98 Å². The summed E-state index contributed by atoms with van der Waals surface area (Å²) in [5.41, 5.74) is 4.16. The SMILES string of the molecule is c1ccc2c(c1)CCCN(c1nc(CNC3CC3)cs1)C2. The standard InChI is InChI=1S/C17H21N3S/c1-2-5-14-11-20(9-3-6-13(14)4-1)17-19-16(12-21-17)10-18-15-7-8-15/h1-2,4-5,12,15,18H,3,6-11H2. The lowest BCUT2D eigenvalue weighted by Crippen LogP contribution is -2.22. The molecule has 2 aromatic rings. The Morgan fingerprint density at radius 2 is 2.10 bits per heavy atom. The minimum atomic E-state index is 0.750. The lowest BCUT2D eigenvalue weighted by atomic mass is 10.0. The van der Waals surface area contributed by atoms with Gasteiger partial charge in [-0.1, -0.05) is 24.3 Å². The first-order chi connectivity index (χ1) is 10.4. The largest absolute Gasteiger partial charge is 0.344 e. The van der Waals surface area contributed by atoms with Crippen LogP contribution in [0.2, 0.25) is 0 Å². The average Bonchev–Trinajstić information content (AvgIpc) is 3.26. The predicted molar refractivity (Wildman–Crippen MR) is 87.8 cm³/mol. The molecule has 1 aromatic carbocycles. The number of hydrogen-bond acceptors (Lipinski definition) is 4. The number of aryl methyl sites for hydroxylation is 1. The quantitative estimate of drug-likeness (QED) is 0.938. The van der Waals surface area contributed by atoms with Gasteiger partial charge < -0.3 is 10.2 Å². The van der Waals surface area contributed by atoms with Crippen molar-refractivity contribution in [2.45, 2.75) is 44.8 Å². The number of rotatable bonds is 4. The van der Waals surface area contributed by atoms with Crippen molar-refractivity contribution in [3.8, 4) is 0 Å². The van der Waals surface area contributed by atoms with Crippen LogP contribution >= 0.6 is 11.3 Å². The maximum absolute atomic E-state index is 4.83. The molecule has 4 rings (SSSR count). The van der Waals surface area contributed by atoms with E-state index in [1.54, 1.807) is 11.3 Å². The van der Waals surface area contributed by atoms with Crippen LogP contribution in [0.25, 0.3) is 0 Å². The van der Waals surface area contributed by atoms with Gasteiger partial charge in [-0.2, -0.15) is 0 Å². The summed E-state index contributed by atoms with van der Waals surface area (Å²) in [5, 5.41) is 6.93. The van der Waals surface area contributed by atoms with Crippen molar-refractivity contribution in [2.24, 2.45) is 0 Å². The van der Waals surface area contributed by atoms with Crippen LogP contribution < -0.4 is 10.2 Å². The Bertz CT molecular complexity index is 618. The topological polar surface area (TPSA) is 28.2 Å². The van der Waals surface area contributed by atoms with Gasteiger partial charge in [-0.3, -0.25) is 0 Å². The summed E-state index contributed by atoms with van der Waals surface area (Å²) < 4.78 is 0. The molecule has 1 aromatic heterocycles. The van der Waals surface area contributed by atoms with Crippen LogP contribution in [0, 0.1) is 0 Å². The first-order valence-electron chi connectivity index (χ1n) is 7.88. The van der Waals surface area contributed by atoms with Crippen molar-refractivity contribution in [3.63, 3.8) is 0 Å². The van der Waals surface area contributed by atoms with Crippen molar-refractivity contribution >= 4 is 16.5 Å². The van der Waals surface area contributed by atoms with Gasteiger partial charge >= 0.3 is 0 Å². The molecule has 0 amide bonds. The molecule has 0 spiro atoms. The molecule has 1 fully saturated rings. The fourth-order valence-corrected chi connectivity index (χ4v) is 3.78. The summed E-state index contributed by atoms with van der Waals surface area (Å²) in [6.45, 7) is 3.03. The second-order valence-electron chi connectivity index (χ2n) is 6.07. The minimum Gasteiger partial charge on any atom is -0.344 e. The fraction of sp³-hybridized carbons (Fsp3) is 0.471. The van der Waals surface area contributed by atoms with Crippen LogP contribution in [0.5, 0.6) is 0 Å². The Morgan fingerprint density at radius 3 is 2.95 bits per heavy atom. The van der Waals surface area contributed by atoms with Crippen LogP contribution in [-0.2, 0) is 19.5 Å². The van der Waals surface area contributed by atoms with E-state index >= 15 is 0 Å². The third-order valence-corrected chi connectivity index (χ3v) is 5.26. The van der Waals surface area contributed by atoms with E-state index in [0.29, 0.717) is 0 Å². The van der Waals surface area contributed by atoms with Gasteiger partial charge in [0.15, 0.2) is 5.13 Å². The number of hydrogen-bond donors (Lipinski definition) is 1. The monoisotopic (exact) mass is 299 g/mol. The number of nitrogens with zero attached hydrogens (tertiary/aromatic N) is 2. The first-order valence-corrected chi connectivity index (χ1v) is 8.76. The van der Waals surface area contributed by atoms with E-state index in [0.717, 1.165) is 25.7 Å². The smallest absolute Gasteiger partial charge is 0.185 e. The molecule has 3 nitrogen and oxygen atoms in total. The van der Waals surface area contributed by atoms with Crippen LogP contribution in [-0.4, -0.2) is 17.6 Å². The molecule has 21 heavy (non-hydrogen) atoms. The molecule has 2 aliphatic rings. The molecule has 0 bridgehead atoms.